The molecule has 7 heteroatoms. The molecule has 142 valence electrons. The largest absolute Gasteiger partial charge is 0.483 e. The molecule has 0 bridgehead atoms. The molecule has 0 aliphatic rings. The number of para-hydroxylation sites is 1. The third-order valence-corrected chi connectivity index (χ3v) is 4.07. The lowest BCUT2D eigenvalue weighted by atomic mass is 9.99. The molecule has 0 spiro atoms. The molecular weight excluding hydrogens is 342 g/mol. The number of halogens is 1. The number of benzene rings is 1. The summed E-state index contributed by atoms with van der Waals surface area (Å²) in [5, 5.41) is 3.02. The Morgan fingerprint density at radius 2 is 1.84 bits per heavy atom. The van der Waals surface area contributed by atoms with Crippen LogP contribution in [-0.4, -0.2) is 43.5 Å². The zero-order chi connectivity index (χ0) is 18.3. The third-order valence-electron chi connectivity index (χ3n) is 4.07. The zero-order valence-corrected chi connectivity index (χ0v) is 16.4. The van der Waals surface area contributed by atoms with Crippen LogP contribution in [0.25, 0.3) is 0 Å². The summed E-state index contributed by atoms with van der Waals surface area (Å²) in [6.07, 6.45) is 0.708. The number of carbonyl (C=O) groups is 2. The molecule has 3 unspecified atom stereocenters. The lowest BCUT2D eigenvalue weighted by Crippen LogP contribution is -2.40. The number of ether oxygens (including phenoxy) is 1. The summed E-state index contributed by atoms with van der Waals surface area (Å²) >= 11 is 0. The molecule has 3 atom stereocenters. The Hall–Kier alpha value is -1.79. The molecule has 0 saturated carbocycles. The molecule has 0 heterocycles. The molecule has 1 rings (SSSR count). The first-order valence-electron chi connectivity index (χ1n) is 8.25. The van der Waals surface area contributed by atoms with Crippen molar-refractivity contribution in [3.8, 4) is 5.75 Å². The van der Waals surface area contributed by atoms with E-state index in [9.17, 15) is 9.59 Å². The first-order chi connectivity index (χ1) is 11.3. The molecule has 25 heavy (non-hydrogen) atoms. The van der Waals surface area contributed by atoms with Crippen molar-refractivity contribution in [2.75, 3.05) is 20.7 Å². The van der Waals surface area contributed by atoms with Gasteiger partial charge in [0.15, 0.2) is 6.61 Å². The zero-order valence-electron chi connectivity index (χ0n) is 15.6. The highest BCUT2D eigenvalue weighted by Crippen LogP contribution is 2.27. The van der Waals surface area contributed by atoms with Crippen molar-refractivity contribution in [3.05, 3.63) is 29.8 Å². The second-order valence-corrected chi connectivity index (χ2v) is 6.23. The van der Waals surface area contributed by atoms with Crippen LogP contribution < -0.4 is 15.8 Å². The fourth-order valence-corrected chi connectivity index (χ4v) is 2.11. The van der Waals surface area contributed by atoms with Crippen molar-refractivity contribution >= 4 is 24.2 Å². The molecule has 6 nitrogen and oxygen atoms in total. The van der Waals surface area contributed by atoms with Crippen LogP contribution in [0.1, 0.15) is 38.8 Å². The van der Waals surface area contributed by atoms with Crippen LogP contribution in [-0.2, 0) is 9.59 Å². The Balaban J connectivity index is 0.00000576. The lowest BCUT2D eigenvalue weighted by molar-refractivity contribution is -0.131. The van der Waals surface area contributed by atoms with Crippen LogP contribution in [0.4, 0.5) is 0 Å². The number of rotatable bonds is 8. The quantitative estimate of drug-likeness (QED) is 0.733. The smallest absolute Gasteiger partial charge is 0.259 e. The standard InChI is InChI=1S/C18H29N3O3.ClH/c1-6-15(20-18(23)12(2)13(3)19)14-9-7-8-10-16(14)24-11-17(22)21(4)5;/h7-10,12-13,15H,6,11,19H2,1-5H3,(H,20,23);1H. The summed E-state index contributed by atoms with van der Waals surface area (Å²) < 4.78 is 5.67. The van der Waals surface area contributed by atoms with Crippen molar-refractivity contribution in [2.45, 2.75) is 39.3 Å². The number of carbonyl (C=O) groups excluding carboxylic acids is 2. The fourth-order valence-electron chi connectivity index (χ4n) is 2.11. The maximum atomic E-state index is 12.3. The molecule has 0 aliphatic heterocycles. The van der Waals surface area contributed by atoms with E-state index in [0.29, 0.717) is 12.2 Å². The molecule has 1 aromatic carbocycles. The number of nitrogens with zero attached hydrogens (tertiary/aromatic N) is 1. The van der Waals surface area contributed by atoms with Gasteiger partial charge in [0, 0.05) is 31.6 Å². The second kappa shape index (κ2) is 10.9. The summed E-state index contributed by atoms with van der Waals surface area (Å²) in [5.41, 5.74) is 6.66. The van der Waals surface area contributed by atoms with Gasteiger partial charge in [0.25, 0.3) is 5.91 Å². The monoisotopic (exact) mass is 371 g/mol. The van der Waals surface area contributed by atoms with Gasteiger partial charge in [-0.1, -0.05) is 32.0 Å². The van der Waals surface area contributed by atoms with Crippen LogP contribution in [0.2, 0.25) is 0 Å². The Bertz CT molecular complexity index is 564. The molecule has 3 N–H and O–H groups in total. The minimum Gasteiger partial charge on any atom is -0.483 e. The number of hydrogen-bond donors (Lipinski definition) is 2. The van der Waals surface area contributed by atoms with E-state index < -0.39 is 0 Å². The van der Waals surface area contributed by atoms with Crippen molar-refractivity contribution < 1.29 is 14.3 Å². The van der Waals surface area contributed by atoms with Crippen molar-refractivity contribution in [1.29, 1.82) is 0 Å². The van der Waals surface area contributed by atoms with Crippen LogP contribution in [0.3, 0.4) is 0 Å². The van der Waals surface area contributed by atoms with Gasteiger partial charge in [-0.25, -0.2) is 0 Å². The number of nitrogens with one attached hydrogen (secondary N) is 1. The van der Waals surface area contributed by atoms with Gasteiger partial charge in [0.05, 0.1) is 6.04 Å². The molecule has 0 radical (unpaired) electrons. The molecule has 2 amide bonds. The van der Waals surface area contributed by atoms with Crippen LogP contribution in [0.5, 0.6) is 5.75 Å². The highest BCUT2D eigenvalue weighted by atomic mass is 35.5. The highest BCUT2D eigenvalue weighted by molar-refractivity contribution is 5.85. The number of amides is 2. The number of likely N-dealkylation sites (N-methyl/N-ethyl adjacent to an activating group) is 1. The summed E-state index contributed by atoms with van der Waals surface area (Å²) in [7, 11) is 3.37. The normalized spacial score (nSPS) is 13.8. The van der Waals surface area contributed by atoms with E-state index >= 15 is 0 Å². The van der Waals surface area contributed by atoms with Gasteiger partial charge >= 0.3 is 0 Å². The van der Waals surface area contributed by atoms with Gasteiger partial charge in [-0.15, -0.1) is 12.4 Å². The molecule has 0 fully saturated rings. The van der Waals surface area contributed by atoms with Crippen molar-refractivity contribution in [1.82, 2.24) is 10.2 Å². The molecule has 0 aromatic heterocycles. The summed E-state index contributed by atoms with van der Waals surface area (Å²) in [4.78, 5) is 25.5. The van der Waals surface area contributed by atoms with Gasteiger partial charge in [0.1, 0.15) is 5.75 Å². The Kier molecular flexibility index (Phi) is 10.2. The van der Waals surface area contributed by atoms with Crippen molar-refractivity contribution in [2.24, 2.45) is 11.7 Å². The first kappa shape index (κ1) is 23.2. The van der Waals surface area contributed by atoms with Crippen LogP contribution >= 0.6 is 12.4 Å². The number of nitrogens with two attached hydrogens (primary N) is 1. The fraction of sp³-hybridized carbons (Fsp3) is 0.556. The Labute approximate surface area is 156 Å². The minimum atomic E-state index is -0.276. The minimum absolute atomic E-state index is 0. The van der Waals surface area contributed by atoms with Gasteiger partial charge in [-0.2, -0.15) is 0 Å². The van der Waals surface area contributed by atoms with Gasteiger partial charge in [0.2, 0.25) is 5.91 Å². The Morgan fingerprint density at radius 1 is 1.24 bits per heavy atom. The summed E-state index contributed by atoms with van der Waals surface area (Å²) in [5.74, 6) is 0.124. The van der Waals surface area contributed by atoms with Crippen LogP contribution in [0, 0.1) is 5.92 Å². The summed E-state index contributed by atoms with van der Waals surface area (Å²) in [6.45, 7) is 5.58. The van der Waals surface area contributed by atoms with E-state index in [2.05, 4.69) is 5.32 Å². The first-order valence-corrected chi connectivity index (χ1v) is 8.25. The second-order valence-electron chi connectivity index (χ2n) is 6.23. The average molecular weight is 372 g/mol. The van der Waals surface area contributed by atoms with E-state index in [0.717, 1.165) is 5.56 Å². The van der Waals surface area contributed by atoms with Gasteiger partial charge < -0.3 is 20.7 Å². The van der Waals surface area contributed by atoms with E-state index in [1.165, 1.54) is 4.90 Å². The van der Waals surface area contributed by atoms with Crippen LogP contribution in [0.15, 0.2) is 24.3 Å². The highest BCUT2D eigenvalue weighted by Gasteiger charge is 2.22. The Morgan fingerprint density at radius 3 is 2.36 bits per heavy atom. The maximum absolute atomic E-state index is 12.3. The van der Waals surface area contributed by atoms with Gasteiger partial charge in [-0.3, -0.25) is 9.59 Å². The van der Waals surface area contributed by atoms with Crippen molar-refractivity contribution in [3.63, 3.8) is 0 Å². The molecular formula is C18H30ClN3O3. The SMILES string of the molecule is CCC(NC(=O)C(C)C(C)N)c1ccccc1OCC(=O)N(C)C.Cl. The van der Waals surface area contributed by atoms with E-state index in [4.69, 9.17) is 10.5 Å². The van der Waals surface area contributed by atoms with E-state index in [1.807, 2.05) is 45.0 Å². The lowest BCUT2D eigenvalue weighted by Gasteiger charge is -2.24. The third kappa shape index (κ3) is 6.92. The number of hydrogen-bond acceptors (Lipinski definition) is 4. The molecule has 1 aromatic rings. The van der Waals surface area contributed by atoms with E-state index in [-0.39, 0.29) is 48.8 Å². The average Bonchev–Trinajstić information content (AvgIpc) is 2.56. The molecule has 0 saturated heterocycles. The maximum Gasteiger partial charge on any atom is 0.259 e. The summed E-state index contributed by atoms with van der Waals surface area (Å²) in [6, 6.07) is 7.04. The molecule has 0 aliphatic carbocycles. The predicted octanol–water partition coefficient (Wildman–Crippen LogP) is 2.13. The van der Waals surface area contributed by atoms with Gasteiger partial charge in [-0.05, 0) is 19.4 Å². The predicted molar refractivity (Wildman–Crippen MR) is 102 cm³/mol. The van der Waals surface area contributed by atoms with E-state index in [1.54, 1.807) is 14.1 Å². The topological polar surface area (TPSA) is 84.7 Å².